The van der Waals surface area contributed by atoms with E-state index in [-0.39, 0.29) is 31.9 Å². The maximum Gasteiger partial charge on any atom is 0.418 e. The number of amides is 1. The van der Waals surface area contributed by atoms with Crippen molar-refractivity contribution in [3.05, 3.63) is 100 Å². The van der Waals surface area contributed by atoms with Crippen LogP contribution >= 0.6 is 0 Å². The molecule has 1 aliphatic heterocycles. The molecule has 1 fully saturated rings. The summed E-state index contributed by atoms with van der Waals surface area (Å²) in [6, 6.07) is 13.6. The highest BCUT2D eigenvalue weighted by atomic mass is 19.4. The smallest absolute Gasteiger partial charge is 0.418 e. The van der Waals surface area contributed by atoms with E-state index in [4.69, 9.17) is 14.2 Å². The van der Waals surface area contributed by atoms with E-state index in [2.05, 4.69) is 15.0 Å². The van der Waals surface area contributed by atoms with Crippen molar-refractivity contribution >= 4 is 28.6 Å². The molecule has 5 aromatic rings. The number of fused-ring (bicyclic) bond motifs is 1. The lowest BCUT2D eigenvalue weighted by Crippen LogP contribution is -2.45. The van der Waals surface area contributed by atoms with Crippen molar-refractivity contribution in [3.8, 4) is 22.8 Å². The molecule has 0 N–H and O–H groups in total. The molecule has 0 unspecified atom stereocenters. The number of ether oxygens (including phenoxy) is 3. The minimum Gasteiger partial charge on any atom is -0.497 e. The van der Waals surface area contributed by atoms with E-state index in [1.165, 1.54) is 36.0 Å². The summed E-state index contributed by atoms with van der Waals surface area (Å²) in [5, 5.41) is -0.623. The lowest BCUT2D eigenvalue weighted by molar-refractivity contribution is -0.139. The fourth-order valence-electron chi connectivity index (χ4n) is 7.56. The Bertz CT molecular complexity index is 2350. The molecular formula is C43H44F8N6O4. The summed E-state index contributed by atoms with van der Waals surface area (Å²) in [5.74, 6) is -1.52. The molecule has 3 heterocycles. The van der Waals surface area contributed by atoms with Crippen LogP contribution in [0.25, 0.3) is 22.2 Å². The van der Waals surface area contributed by atoms with E-state index in [0.29, 0.717) is 28.7 Å². The number of hydrogen-bond acceptors (Lipinski definition) is 9. The zero-order valence-electron chi connectivity index (χ0n) is 34.6. The van der Waals surface area contributed by atoms with Crippen LogP contribution in [0.3, 0.4) is 0 Å². The maximum atomic E-state index is 17.1. The number of benzene rings is 3. The highest BCUT2D eigenvalue weighted by Crippen LogP contribution is 2.48. The molecule has 6 rings (SSSR count). The second-order valence-electron chi connectivity index (χ2n) is 15.8. The summed E-state index contributed by atoms with van der Waals surface area (Å²) in [5.41, 5.74) is -7.48. The van der Waals surface area contributed by atoms with Gasteiger partial charge in [0.05, 0.1) is 48.7 Å². The highest BCUT2D eigenvalue weighted by molar-refractivity contribution is 5.95. The average Bonchev–Trinajstić information content (AvgIpc) is 3.57. The third-order valence-corrected chi connectivity index (χ3v) is 10.5. The van der Waals surface area contributed by atoms with Gasteiger partial charge < -0.3 is 28.9 Å². The Balaban J connectivity index is 1.54. The first-order valence-electron chi connectivity index (χ1n) is 19.1. The van der Waals surface area contributed by atoms with Crippen LogP contribution in [-0.2, 0) is 30.2 Å². The lowest BCUT2D eigenvalue weighted by atomic mass is 9.94. The van der Waals surface area contributed by atoms with E-state index in [1.54, 1.807) is 76.2 Å². The van der Waals surface area contributed by atoms with Gasteiger partial charge in [0.25, 0.3) is 0 Å². The van der Waals surface area contributed by atoms with Crippen LogP contribution in [0.5, 0.6) is 11.5 Å². The van der Waals surface area contributed by atoms with E-state index in [0.717, 1.165) is 13.0 Å². The molecule has 0 saturated carbocycles. The summed E-state index contributed by atoms with van der Waals surface area (Å²) in [6.45, 7) is 7.90. The first-order valence-corrected chi connectivity index (χ1v) is 19.1. The molecular weight excluding hydrogens is 816 g/mol. The Morgan fingerprint density at radius 3 is 1.89 bits per heavy atom. The summed E-state index contributed by atoms with van der Waals surface area (Å²) < 4.78 is 139. The number of nitrogens with zero attached hydrogens (tertiary/aromatic N) is 6. The fourth-order valence-corrected chi connectivity index (χ4v) is 7.56. The van der Waals surface area contributed by atoms with Crippen molar-refractivity contribution in [2.24, 2.45) is 0 Å². The number of halogens is 8. The number of methoxy groups -OCH3 is 2. The monoisotopic (exact) mass is 860 g/mol. The first-order chi connectivity index (χ1) is 28.5. The van der Waals surface area contributed by atoms with Crippen molar-refractivity contribution in [1.82, 2.24) is 19.9 Å². The van der Waals surface area contributed by atoms with Gasteiger partial charge in [-0.3, -0.25) is 0 Å². The number of pyridine rings is 1. The number of rotatable bonds is 10. The molecule has 0 spiro atoms. The molecule has 10 nitrogen and oxygen atoms in total. The number of aryl methyl sites for hydroxylation is 1. The SMILES string of the molecule is COc1ccc(CN(Cc2ccc(OC)cc2)c2cc(C)c(C(F)(F)F)c(-c3c(C(F)(F)F)cc4c(N(C)[C@@H]5CCN(C(=O)OC(C)(C)C)[C@@H]5C)nc(F)nc4c3F)n2)cc1. The largest absolute Gasteiger partial charge is 0.497 e. The third-order valence-electron chi connectivity index (χ3n) is 10.5. The summed E-state index contributed by atoms with van der Waals surface area (Å²) in [4.78, 5) is 28.6. The molecule has 1 saturated heterocycles. The molecule has 0 aliphatic carbocycles. The molecule has 326 valence electrons. The molecule has 2 atom stereocenters. The Morgan fingerprint density at radius 1 is 0.836 bits per heavy atom. The lowest BCUT2D eigenvalue weighted by Gasteiger charge is -2.33. The van der Waals surface area contributed by atoms with Crippen LogP contribution in [0, 0.1) is 18.8 Å². The average molecular weight is 861 g/mol. The van der Waals surface area contributed by atoms with E-state index in [1.807, 2.05) is 0 Å². The summed E-state index contributed by atoms with van der Waals surface area (Å²) in [6.07, 6.45) is -12.8. The number of anilines is 2. The number of likely N-dealkylation sites (tertiary alicyclic amines) is 1. The zero-order chi connectivity index (χ0) is 44.8. The van der Waals surface area contributed by atoms with Crippen LogP contribution in [0.2, 0.25) is 0 Å². The number of alkyl halides is 6. The topological polar surface area (TPSA) is 93.2 Å². The Hall–Kier alpha value is -5.94. The third kappa shape index (κ3) is 9.52. The van der Waals surface area contributed by atoms with Gasteiger partial charge >= 0.3 is 24.5 Å². The Kier molecular flexibility index (Phi) is 12.3. The number of likely N-dealkylation sites (N-methyl/N-ethyl adjacent to an activating group) is 1. The van der Waals surface area contributed by atoms with Crippen molar-refractivity contribution < 1.29 is 54.1 Å². The summed E-state index contributed by atoms with van der Waals surface area (Å²) in [7, 11) is 4.33. The summed E-state index contributed by atoms with van der Waals surface area (Å²) >= 11 is 0. The minimum atomic E-state index is -5.47. The van der Waals surface area contributed by atoms with Gasteiger partial charge in [0, 0.05) is 32.1 Å². The van der Waals surface area contributed by atoms with Crippen LogP contribution in [0.1, 0.15) is 61.9 Å². The minimum absolute atomic E-state index is 0.00131. The van der Waals surface area contributed by atoms with Gasteiger partial charge in [-0.25, -0.2) is 14.2 Å². The van der Waals surface area contributed by atoms with E-state index in [9.17, 15) is 4.79 Å². The van der Waals surface area contributed by atoms with Crippen molar-refractivity contribution in [2.75, 3.05) is 37.6 Å². The molecule has 1 aliphatic rings. The molecule has 1 amide bonds. The Labute approximate surface area is 347 Å². The zero-order valence-corrected chi connectivity index (χ0v) is 34.6. The van der Waals surface area contributed by atoms with E-state index >= 15 is 35.1 Å². The van der Waals surface area contributed by atoms with Gasteiger partial charge in [0.15, 0.2) is 5.82 Å². The van der Waals surface area contributed by atoms with Crippen LogP contribution in [0.15, 0.2) is 60.7 Å². The number of carbonyl (C=O) groups excluding carboxylic acids is 1. The highest BCUT2D eigenvalue weighted by Gasteiger charge is 2.44. The number of aromatic nitrogens is 3. The van der Waals surface area contributed by atoms with Gasteiger partial charge in [0.2, 0.25) is 0 Å². The second-order valence-corrected chi connectivity index (χ2v) is 15.8. The maximum absolute atomic E-state index is 17.1. The second kappa shape index (κ2) is 16.8. The van der Waals surface area contributed by atoms with Crippen molar-refractivity contribution in [1.29, 1.82) is 0 Å². The standard InChI is InChI=1S/C43H44F8N6O4/c1-23-19-32(56(21-25-9-13-27(59-7)14-10-25)22-26-11-15-28(60-8)16-12-26)52-37(34(23)43(49,50)51)33-30(42(46,47)48)20-29-36(35(33)44)53-39(45)54-38(29)55(6)31-17-18-57(24(31)2)40(58)61-41(3,4)5/h9-16,19-20,24,31H,17-18,21-22H2,1-8H3/t24-,31-/m1/s1. The van der Waals surface area contributed by atoms with Gasteiger partial charge in [-0.15, -0.1) is 0 Å². The van der Waals surface area contributed by atoms with Gasteiger partial charge in [-0.1, -0.05) is 24.3 Å². The fraction of sp³-hybridized carbons (Fsp3) is 0.395. The van der Waals surface area contributed by atoms with Crippen LogP contribution in [-0.4, -0.2) is 71.4 Å². The quantitative estimate of drug-likeness (QED) is 0.101. The first kappa shape index (κ1) is 44.6. The van der Waals surface area contributed by atoms with Gasteiger partial charge in [-0.05, 0) is 94.1 Å². The van der Waals surface area contributed by atoms with E-state index < -0.39 is 92.7 Å². The molecule has 61 heavy (non-hydrogen) atoms. The number of carbonyl (C=O) groups is 1. The van der Waals surface area contributed by atoms with Crippen molar-refractivity contribution in [3.63, 3.8) is 0 Å². The van der Waals surface area contributed by atoms with Gasteiger partial charge in [0.1, 0.15) is 34.3 Å². The predicted molar refractivity (Wildman–Crippen MR) is 213 cm³/mol. The Morgan fingerprint density at radius 2 is 1.39 bits per heavy atom. The molecule has 2 aromatic heterocycles. The number of hydrogen-bond donors (Lipinski definition) is 0. The molecule has 3 aromatic carbocycles. The molecule has 0 bridgehead atoms. The normalized spacial score (nSPS) is 15.9. The predicted octanol–water partition coefficient (Wildman–Crippen LogP) is 10.4. The van der Waals surface area contributed by atoms with Crippen LogP contribution < -0.4 is 19.3 Å². The van der Waals surface area contributed by atoms with Crippen molar-refractivity contribution in [2.45, 2.75) is 84.2 Å². The van der Waals surface area contributed by atoms with Crippen LogP contribution in [0.4, 0.5) is 51.6 Å². The molecule has 18 heteroatoms. The molecule has 0 radical (unpaired) electrons. The van der Waals surface area contributed by atoms with Gasteiger partial charge in [-0.2, -0.15) is 40.7 Å².